The van der Waals surface area contributed by atoms with Gasteiger partial charge in [-0.25, -0.2) is 0 Å². The summed E-state index contributed by atoms with van der Waals surface area (Å²) in [5.74, 6) is 1.86. The molecule has 1 heteroatoms. The van der Waals surface area contributed by atoms with Gasteiger partial charge in [-0.1, -0.05) is 133 Å². The highest BCUT2D eigenvalue weighted by molar-refractivity contribution is 6.09. The summed E-state index contributed by atoms with van der Waals surface area (Å²) >= 11 is 0. The van der Waals surface area contributed by atoms with Gasteiger partial charge < -0.3 is 4.74 Å². The second-order valence-electron chi connectivity index (χ2n) is 11.6. The molecule has 1 heterocycles. The standard InChI is InChI=1S/C41H24O/c1-5-18-33-26(12-1)27-13-2-6-19-34(27)41(33)35-20-7-3-15-32(35)39-30(17-10-21-36(39)41)31-24-23-25-11-9-16-29-28-14-4-8-22-37(28)42-40(31)38(25)29/h1-24H. The number of fused-ring (bicyclic) bond motifs is 12. The first-order valence-corrected chi connectivity index (χ1v) is 14.6. The molecule has 0 fully saturated rings. The van der Waals surface area contributed by atoms with Crippen molar-refractivity contribution in [3.8, 4) is 56.0 Å². The Bertz CT molecular complexity index is 2240. The largest absolute Gasteiger partial charge is 0.455 e. The second kappa shape index (κ2) is 7.87. The summed E-state index contributed by atoms with van der Waals surface area (Å²) in [7, 11) is 0. The maximum absolute atomic E-state index is 6.81. The van der Waals surface area contributed by atoms with E-state index < -0.39 is 0 Å². The highest BCUT2D eigenvalue weighted by Crippen LogP contribution is 2.64. The Morgan fingerprint density at radius 1 is 0.357 bits per heavy atom. The Kier molecular flexibility index (Phi) is 4.18. The lowest BCUT2D eigenvalue weighted by Crippen LogP contribution is -2.25. The number of benzene rings is 7. The van der Waals surface area contributed by atoms with Crippen molar-refractivity contribution in [3.05, 3.63) is 168 Å². The van der Waals surface area contributed by atoms with Gasteiger partial charge in [-0.3, -0.25) is 0 Å². The molecule has 0 N–H and O–H groups in total. The van der Waals surface area contributed by atoms with E-state index in [1.807, 2.05) is 0 Å². The molecular weight excluding hydrogens is 508 g/mol. The first-order valence-electron chi connectivity index (χ1n) is 14.6. The van der Waals surface area contributed by atoms with Crippen LogP contribution in [0.4, 0.5) is 0 Å². The summed E-state index contributed by atoms with van der Waals surface area (Å²) in [4.78, 5) is 0. The molecule has 7 aromatic rings. The van der Waals surface area contributed by atoms with E-state index in [0.717, 1.165) is 22.6 Å². The molecule has 7 aromatic carbocycles. The Morgan fingerprint density at radius 2 is 0.905 bits per heavy atom. The fraction of sp³-hybridized carbons (Fsp3) is 0.0244. The first-order chi connectivity index (χ1) is 20.9. The van der Waals surface area contributed by atoms with Crippen LogP contribution >= 0.6 is 0 Å². The Labute approximate surface area is 244 Å². The molecule has 1 nitrogen and oxygen atoms in total. The highest BCUT2D eigenvalue weighted by atomic mass is 16.5. The lowest BCUT2D eigenvalue weighted by molar-refractivity contribution is 0.489. The summed E-state index contributed by atoms with van der Waals surface area (Å²) in [6.45, 7) is 0. The quantitative estimate of drug-likeness (QED) is 0.204. The third-order valence-corrected chi connectivity index (χ3v) is 9.70. The molecule has 10 rings (SSSR count). The topological polar surface area (TPSA) is 9.23 Å². The molecule has 0 atom stereocenters. The van der Waals surface area contributed by atoms with Crippen LogP contribution in [0.25, 0.3) is 55.3 Å². The smallest absolute Gasteiger partial charge is 0.143 e. The maximum Gasteiger partial charge on any atom is 0.143 e. The van der Waals surface area contributed by atoms with Gasteiger partial charge in [0.2, 0.25) is 0 Å². The first kappa shape index (κ1) is 22.3. The minimum Gasteiger partial charge on any atom is -0.455 e. The molecule has 1 spiro atoms. The number of para-hydroxylation sites is 1. The summed E-state index contributed by atoms with van der Waals surface area (Å²) < 4.78 is 6.81. The van der Waals surface area contributed by atoms with Crippen LogP contribution in [-0.2, 0) is 5.41 Å². The van der Waals surface area contributed by atoms with Crippen LogP contribution in [0.2, 0.25) is 0 Å². The van der Waals surface area contributed by atoms with Crippen LogP contribution in [0, 0.1) is 0 Å². The fourth-order valence-electron chi connectivity index (χ4n) is 8.14. The Hall–Kier alpha value is -5.40. The van der Waals surface area contributed by atoms with Gasteiger partial charge in [0.25, 0.3) is 0 Å². The third kappa shape index (κ3) is 2.56. The van der Waals surface area contributed by atoms with Crippen molar-refractivity contribution in [2.75, 3.05) is 0 Å². The Morgan fingerprint density at radius 3 is 1.67 bits per heavy atom. The molecule has 0 unspecified atom stereocenters. The lowest BCUT2D eigenvalue weighted by atomic mass is 9.70. The molecule has 2 aliphatic carbocycles. The molecule has 42 heavy (non-hydrogen) atoms. The molecule has 0 amide bonds. The van der Waals surface area contributed by atoms with E-state index in [1.165, 1.54) is 66.4 Å². The summed E-state index contributed by atoms with van der Waals surface area (Å²) in [6, 6.07) is 53.3. The monoisotopic (exact) mass is 532 g/mol. The average molecular weight is 533 g/mol. The normalized spacial score (nSPS) is 14.1. The molecule has 194 valence electrons. The van der Waals surface area contributed by atoms with Crippen LogP contribution in [0.1, 0.15) is 22.3 Å². The van der Waals surface area contributed by atoms with Crippen LogP contribution < -0.4 is 4.74 Å². The summed E-state index contributed by atoms with van der Waals surface area (Å²) in [5, 5.41) is 2.38. The zero-order valence-electron chi connectivity index (χ0n) is 22.8. The van der Waals surface area contributed by atoms with E-state index in [0.29, 0.717) is 0 Å². The SMILES string of the molecule is c1ccc2c(c1)Oc1c(-c3cccc4c3-c3ccccc3C43c4ccccc4-c4ccccc43)ccc3cccc-2c13. The van der Waals surface area contributed by atoms with Crippen molar-refractivity contribution in [2.45, 2.75) is 5.41 Å². The predicted octanol–water partition coefficient (Wildman–Crippen LogP) is 10.6. The number of ether oxygens (including phenoxy) is 1. The molecule has 0 bridgehead atoms. The lowest BCUT2D eigenvalue weighted by Gasteiger charge is -2.30. The highest BCUT2D eigenvalue weighted by Gasteiger charge is 2.52. The average Bonchev–Trinajstić information content (AvgIpc) is 3.53. The van der Waals surface area contributed by atoms with Gasteiger partial charge in [0, 0.05) is 16.5 Å². The maximum atomic E-state index is 6.81. The van der Waals surface area contributed by atoms with Crippen molar-refractivity contribution in [1.29, 1.82) is 0 Å². The van der Waals surface area contributed by atoms with Crippen molar-refractivity contribution < 1.29 is 4.74 Å². The van der Waals surface area contributed by atoms with Crippen LogP contribution in [-0.4, -0.2) is 0 Å². The number of hydrogen-bond donors (Lipinski definition) is 0. The van der Waals surface area contributed by atoms with E-state index >= 15 is 0 Å². The summed E-state index contributed by atoms with van der Waals surface area (Å²) in [6.07, 6.45) is 0. The predicted molar refractivity (Wildman–Crippen MR) is 171 cm³/mol. The number of rotatable bonds is 1. The summed E-state index contributed by atoms with van der Waals surface area (Å²) in [5.41, 5.74) is 15.0. The van der Waals surface area contributed by atoms with E-state index in [9.17, 15) is 0 Å². The van der Waals surface area contributed by atoms with Crippen LogP contribution in [0.15, 0.2) is 146 Å². The minimum atomic E-state index is -0.359. The van der Waals surface area contributed by atoms with Crippen LogP contribution in [0.3, 0.4) is 0 Å². The molecule has 3 aliphatic rings. The van der Waals surface area contributed by atoms with Gasteiger partial charge in [-0.15, -0.1) is 0 Å². The van der Waals surface area contributed by atoms with Crippen molar-refractivity contribution in [1.82, 2.24) is 0 Å². The van der Waals surface area contributed by atoms with Crippen molar-refractivity contribution in [2.24, 2.45) is 0 Å². The van der Waals surface area contributed by atoms with Gasteiger partial charge in [0.1, 0.15) is 11.5 Å². The van der Waals surface area contributed by atoms with Crippen molar-refractivity contribution in [3.63, 3.8) is 0 Å². The molecule has 0 aromatic heterocycles. The minimum absolute atomic E-state index is 0.359. The van der Waals surface area contributed by atoms with Gasteiger partial charge in [-0.05, 0) is 73.2 Å². The van der Waals surface area contributed by atoms with E-state index in [1.54, 1.807) is 0 Å². The van der Waals surface area contributed by atoms with Gasteiger partial charge in [0.15, 0.2) is 0 Å². The third-order valence-electron chi connectivity index (χ3n) is 9.70. The molecule has 0 saturated heterocycles. The molecule has 0 radical (unpaired) electrons. The molecule has 0 saturated carbocycles. The molecular formula is C41H24O. The van der Waals surface area contributed by atoms with Gasteiger partial charge in [-0.2, -0.15) is 0 Å². The zero-order chi connectivity index (χ0) is 27.4. The van der Waals surface area contributed by atoms with Crippen LogP contribution in [0.5, 0.6) is 11.5 Å². The van der Waals surface area contributed by atoms with E-state index in [4.69, 9.17) is 4.74 Å². The van der Waals surface area contributed by atoms with Gasteiger partial charge >= 0.3 is 0 Å². The van der Waals surface area contributed by atoms with E-state index in [2.05, 4.69) is 146 Å². The van der Waals surface area contributed by atoms with Gasteiger partial charge in [0.05, 0.1) is 5.41 Å². The molecule has 1 aliphatic heterocycles. The second-order valence-corrected chi connectivity index (χ2v) is 11.6. The fourth-order valence-corrected chi connectivity index (χ4v) is 8.14. The van der Waals surface area contributed by atoms with Crippen molar-refractivity contribution >= 4 is 10.8 Å². The number of hydrogen-bond acceptors (Lipinski definition) is 1. The zero-order valence-corrected chi connectivity index (χ0v) is 22.8. The van der Waals surface area contributed by atoms with E-state index in [-0.39, 0.29) is 5.41 Å². The Balaban J connectivity index is 1.33.